The third kappa shape index (κ3) is 4.08. The van der Waals surface area contributed by atoms with Gasteiger partial charge in [-0.05, 0) is 42.5 Å². The maximum atomic E-state index is 6.27. The van der Waals surface area contributed by atoms with Crippen LogP contribution >= 0.6 is 31.9 Å². The monoisotopic (exact) mass is 359 g/mol. The molecule has 0 spiro atoms. The molecule has 2 rings (SSSR count). The smallest absolute Gasteiger partial charge is 0.0295 e. The fourth-order valence-electron chi connectivity index (χ4n) is 2.67. The van der Waals surface area contributed by atoms with E-state index in [9.17, 15) is 0 Å². The van der Waals surface area contributed by atoms with Gasteiger partial charge in [0.05, 0.1) is 0 Å². The van der Waals surface area contributed by atoms with Crippen molar-refractivity contribution in [2.45, 2.75) is 44.6 Å². The van der Waals surface area contributed by atoms with E-state index in [1.165, 1.54) is 37.7 Å². The van der Waals surface area contributed by atoms with Gasteiger partial charge in [-0.25, -0.2) is 0 Å². The van der Waals surface area contributed by atoms with E-state index in [1.807, 2.05) is 6.07 Å². The molecule has 1 aliphatic carbocycles. The minimum atomic E-state index is 0.171. The first kappa shape index (κ1) is 13.6. The zero-order valence-electron chi connectivity index (χ0n) is 9.96. The Hall–Kier alpha value is 0.140. The lowest BCUT2D eigenvalue weighted by molar-refractivity contribution is 0.454. The van der Waals surface area contributed by atoms with Crippen molar-refractivity contribution in [1.82, 2.24) is 0 Å². The molecule has 0 aromatic heterocycles. The average molecular weight is 361 g/mol. The fraction of sp³-hybridized carbons (Fsp3) is 0.571. The molecular weight excluding hydrogens is 342 g/mol. The first-order chi connectivity index (χ1) is 8.15. The van der Waals surface area contributed by atoms with Crippen LogP contribution in [0.1, 0.15) is 50.1 Å². The highest BCUT2D eigenvalue weighted by Crippen LogP contribution is 2.32. The summed E-state index contributed by atoms with van der Waals surface area (Å²) in [4.78, 5) is 0. The lowest BCUT2D eigenvalue weighted by Crippen LogP contribution is -2.11. The van der Waals surface area contributed by atoms with Crippen LogP contribution < -0.4 is 5.73 Å². The van der Waals surface area contributed by atoms with Crippen LogP contribution in [0.15, 0.2) is 27.1 Å². The van der Waals surface area contributed by atoms with Crippen molar-refractivity contribution in [3.8, 4) is 0 Å². The van der Waals surface area contributed by atoms with Gasteiger partial charge in [0.15, 0.2) is 0 Å². The topological polar surface area (TPSA) is 26.0 Å². The van der Waals surface area contributed by atoms with Crippen molar-refractivity contribution in [3.63, 3.8) is 0 Å². The van der Waals surface area contributed by atoms with Crippen LogP contribution in [0.4, 0.5) is 0 Å². The Morgan fingerprint density at radius 2 is 1.71 bits per heavy atom. The molecule has 1 aromatic rings. The minimum absolute atomic E-state index is 0.171. The van der Waals surface area contributed by atoms with E-state index in [1.54, 1.807) is 0 Å². The highest BCUT2D eigenvalue weighted by atomic mass is 79.9. The van der Waals surface area contributed by atoms with E-state index in [0.29, 0.717) is 0 Å². The second kappa shape index (κ2) is 6.35. The van der Waals surface area contributed by atoms with Crippen molar-refractivity contribution in [2.75, 3.05) is 0 Å². The lowest BCUT2D eigenvalue weighted by Gasteiger charge is -2.15. The van der Waals surface area contributed by atoms with E-state index in [-0.39, 0.29) is 6.04 Å². The molecule has 3 heteroatoms. The summed E-state index contributed by atoms with van der Waals surface area (Å²) in [6.45, 7) is 0. The van der Waals surface area contributed by atoms with Gasteiger partial charge in [-0.1, -0.05) is 57.5 Å². The zero-order valence-corrected chi connectivity index (χ0v) is 13.1. The second-order valence-corrected chi connectivity index (χ2v) is 6.87. The summed E-state index contributed by atoms with van der Waals surface area (Å²) in [5, 5.41) is 0. The van der Waals surface area contributed by atoms with Crippen molar-refractivity contribution in [1.29, 1.82) is 0 Å². The van der Waals surface area contributed by atoms with Crippen LogP contribution in [-0.2, 0) is 0 Å². The van der Waals surface area contributed by atoms with Crippen LogP contribution in [0, 0.1) is 5.92 Å². The van der Waals surface area contributed by atoms with Crippen molar-refractivity contribution in [3.05, 3.63) is 32.7 Å². The third-order valence-corrected chi connectivity index (χ3v) is 4.59. The van der Waals surface area contributed by atoms with Crippen LogP contribution in [0.3, 0.4) is 0 Å². The van der Waals surface area contributed by atoms with Gasteiger partial charge in [-0.2, -0.15) is 0 Å². The molecule has 1 unspecified atom stereocenters. The van der Waals surface area contributed by atoms with E-state index < -0.39 is 0 Å². The molecule has 0 heterocycles. The predicted octanol–water partition coefficient (Wildman–Crippen LogP) is 5.18. The second-order valence-electron chi connectivity index (χ2n) is 5.04. The summed E-state index contributed by atoms with van der Waals surface area (Å²) in [6, 6.07) is 6.48. The summed E-state index contributed by atoms with van der Waals surface area (Å²) < 4.78 is 2.19. The maximum absolute atomic E-state index is 6.27. The van der Waals surface area contributed by atoms with Crippen LogP contribution in [0.5, 0.6) is 0 Å². The minimum Gasteiger partial charge on any atom is -0.324 e. The van der Waals surface area contributed by atoms with Gasteiger partial charge in [0.25, 0.3) is 0 Å². The Balaban J connectivity index is 1.91. The Kier molecular flexibility index (Phi) is 5.07. The molecule has 1 atom stereocenters. The van der Waals surface area contributed by atoms with E-state index in [4.69, 9.17) is 5.73 Å². The summed E-state index contributed by atoms with van der Waals surface area (Å²) in [6.07, 6.45) is 8.05. The Morgan fingerprint density at radius 3 is 2.29 bits per heavy atom. The Bertz CT molecular complexity index is 352. The highest BCUT2D eigenvalue weighted by molar-refractivity contribution is 9.11. The first-order valence-corrected chi connectivity index (χ1v) is 7.95. The van der Waals surface area contributed by atoms with E-state index in [0.717, 1.165) is 21.3 Å². The summed E-state index contributed by atoms with van der Waals surface area (Å²) in [5.41, 5.74) is 7.50. The van der Waals surface area contributed by atoms with E-state index >= 15 is 0 Å². The molecule has 2 N–H and O–H groups in total. The molecule has 0 amide bonds. The normalized spacial score (nSPS) is 18.5. The first-order valence-electron chi connectivity index (χ1n) is 6.37. The zero-order chi connectivity index (χ0) is 12.3. The van der Waals surface area contributed by atoms with Crippen LogP contribution in [-0.4, -0.2) is 0 Å². The molecule has 0 radical (unpaired) electrons. The number of hydrogen-bond donors (Lipinski definition) is 1. The van der Waals surface area contributed by atoms with Gasteiger partial charge in [-0.15, -0.1) is 0 Å². The molecule has 1 aromatic carbocycles. The molecule has 1 saturated carbocycles. The van der Waals surface area contributed by atoms with Gasteiger partial charge in [-0.3, -0.25) is 0 Å². The van der Waals surface area contributed by atoms with Gasteiger partial charge in [0, 0.05) is 15.0 Å². The highest BCUT2D eigenvalue weighted by Gasteiger charge is 2.16. The molecule has 0 bridgehead atoms. The van der Waals surface area contributed by atoms with Crippen LogP contribution in [0.2, 0.25) is 0 Å². The summed E-state index contributed by atoms with van der Waals surface area (Å²) in [7, 11) is 0. The van der Waals surface area contributed by atoms with E-state index in [2.05, 4.69) is 44.0 Å². The quantitative estimate of drug-likeness (QED) is 0.786. The molecular formula is C14H19Br2N. The standard InChI is InChI=1S/C14H19Br2N/c15-12-7-11(8-13(16)9-12)14(17)6-5-10-3-1-2-4-10/h7-10,14H,1-6,17H2. The SMILES string of the molecule is NC(CCC1CCCC1)c1cc(Br)cc(Br)c1. The largest absolute Gasteiger partial charge is 0.324 e. The van der Waals surface area contributed by atoms with Crippen molar-refractivity contribution < 1.29 is 0 Å². The van der Waals surface area contributed by atoms with Gasteiger partial charge in [0.1, 0.15) is 0 Å². The summed E-state index contributed by atoms with van der Waals surface area (Å²) in [5.74, 6) is 0.927. The molecule has 94 valence electrons. The molecule has 1 nitrogen and oxygen atoms in total. The maximum Gasteiger partial charge on any atom is 0.0295 e. The van der Waals surface area contributed by atoms with Crippen molar-refractivity contribution >= 4 is 31.9 Å². The number of hydrogen-bond acceptors (Lipinski definition) is 1. The van der Waals surface area contributed by atoms with Gasteiger partial charge >= 0.3 is 0 Å². The fourth-order valence-corrected chi connectivity index (χ4v) is 4.00. The number of benzene rings is 1. The molecule has 1 fully saturated rings. The number of halogens is 2. The van der Waals surface area contributed by atoms with Gasteiger partial charge < -0.3 is 5.73 Å². The average Bonchev–Trinajstić information content (AvgIpc) is 2.77. The molecule has 17 heavy (non-hydrogen) atoms. The predicted molar refractivity (Wildman–Crippen MR) is 80.0 cm³/mol. The lowest BCUT2D eigenvalue weighted by atomic mass is 9.95. The number of nitrogens with two attached hydrogens (primary N) is 1. The Labute approximate surface area is 120 Å². The molecule has 0 aliphatic heterocycles. The third-order valence-electron chi connectivity index (χ3n) is 3.67. The van der Waals surface area contributed by atoms with Gasteiger partial charge in [0.2, 0.25) is 0 Å². The van der Waals surface area contributed by atoms with Crippen LogP contribution in [0.25, 0.3) is 0 Å². The van der Waals surface area contributed by atoms with Crippen molar-refractivity contribution in [2.24, 2.45) is 11.7 Å². The molecule has 1 aliphatic rings. The Morgan fingerprint density at radius 1 is 1.12 bits per heavy atom. The number of rotatable bonds is 4. The molecule has 0 saturated heterocycles. The summed E-state index contributed by atoms with van der Waals surface area (Å²) >= 11 is 7.03.